The summed E-state index contributed by atoms with van der Waals surface area (Å²) in [6.45, 7) is 2.94. The molecule has 0 aliphatic carbocycles. The van der Waals surface area contributed by atoms with Crippen LogP contribution in [0, 0.1) is 0 Å². The number of nitrogens with one attached hydrogen (secondary N) is 1. The molecule has 0 saturated carbocycles. The number of benzene rings is 2. The first-order valence-electron chi connectivity index (χ1n) is 8.37. The minimum atomic E-state index is 0.587. The van der Waals surface area contributed by atoms with Gasteiger partial charge in [-0.05, 0) is 49.4 Å². The molecular weight excluding hydrogens is 310 g/mol. The molecule has 0 atom stereocenters. The van der Waals surface area contributed by atoms with Gasteiger partial charge in [0.1, 0.15) is 5.82 Å². The fraction of sp³-hybridized carbons (Fsp3) is 0.200. The van der Waals surface area contributed by atoms with Crippen LogP contribution in [0.25, 0.3) is 0 Å². The molecule has 5 heteroatoms. The summed E-state index contributed by atoms with van der Waals surface area (Å²) in [4.78, 5) is 13.2. The summed E-state index contributed by atoms with van der Waals surface area (Å²) in [6.07, 6.45) is 1.78. The van der Waals surface area contributed by atoms with Crippen LogP contribution in [-0.2, 0) is 0 Å². The lowest BCUT2D eigenvalue weighted by Crippen LogP contribution is -2.17. The monoisotopic (exact) mass is 333 g/mol. The number of nitrogens with zero attached hydrogens (tertiary/aromatic N) is 4. The summed E-state index contributed by atoms with van der Waals surface area (Å²) in [5, 5.41) is 3.27. The summed E-state index contributed by atoms with van der Waals surface area (Å²) in [6, 6.07) is 20.4. The van der Waals surface area contributed by atoms with Gasteiger partial charge >= 0.3 is 0 Å². The summed E-state index contributed by atoms with van der Waals surface area (Å²) in [5.41, 5.74) is 3.23. The first-order valence-corrected chi connectivity index (χ1v) is 8.37. The Morgan fingerprint density at radius 3 is 2.24 bits per heavy atom. The van der Waals surface area contributed by atoms with Crippen LogP contribution in [0.1, 0.15) is 6.92 Å². The Labute approximate surface area is 149 Å². The first-order chi connectivity index (χ1) is 12.2. The molecule has 25 heavy (non-hydrogen) atoms. The van der Waals surface area contributed by atoms with Crippen molar-refractivity contribution in [3.8, 4) is 0 Å². The van der Waals surface area contributed by atoms with Gasteiger partial charge in [0.05, 0.1) is 0 Å². The SMILES string of the molecule is CCN(c1ccccc1)c1ccnc(Nc2ccc(N(C)C)cc2)n1. The predicted octanol–water partition coefficient (Wildman–Crippen LogP) is 4.44. The molecule has 2 aromatic carbocycles. The highest BCUT2D eigenvalue weighted by molar-refractivity contribution is 5.63. The zero-order valence-corrected chi connectivity index (χ0v) is 14.8. The quantitative estimate of drug-likeness (QED) is 0.722. The Bertz CT molecular complexity index is 800. The predicted molar refractivity (Wildman–Crippen MR) is 105 cm³/mol. The third-order valence-corrected chi connectivity index (χ3v) is 3.94. The van der Waals surface area contributed by atoms with E-state index in [1.54, 1.807) is 6.20 Å². The lowest BCUT2D eigenvalue weighted by molar-refractivity contribution is 0.979. The maximum atomic E-state index is 4.67. The number of hydrogen-bond acceptors (Lipinski definition) is 5. The Hall–Kier alpha value is -3.08. The van der Waals surface area contributed by atoms with Crippen LogP contribution < -0.4 is 15.1 Å². The summed E-state index contributed by atoms with van der Waals surface area (Å²) >= 11 is 0. The van der Waals surface area contributed by atoms with Crippen molar-refractivity contribution in [2.24, 2.45) is 0 Å². The van der Waals surface area contributed by atoms with E-state index < -0.39 is 0 Å². The van der Waals surface area contributed by atoms with Crippen molar-refractivity contribution < 1.29 is 0 Å². The molecule has 1 N–H and O–H groups in total. The van der Waals surface area contributed by atoms with Crippen molar-refractivity contribution in [2.45, 2.75) is 6.92 Å². The van der Waals surface area contributed by atoms with E-state index in [1.807, 2.05) is 50.5 Å². The van der Waals surface area contributed by atoms with Crippen LogP contribution in [0.3, 0.4) is 0 Å². The van der Waals surface area contributed by atoms with Crippen molar-refractivity contribution in [3.05, 3.63) is 66.9 Å². The minimum absolute atomic E-state index is 0.587. The fourth-order valence-corrected chi connectivity index (χ4v) is 2.62. The van der Waals surface area contributed by atoms with Crippen LogP contribution in [0.5, 0.6) is 0 Å². The molecule has 0 aliphatic rings. The Morgan fingerprint density at radius 1 is 0.880 bits per heavy atom. The van der Waals surface area contributed by atoms with Crippen LogP contribution in [-0.4, -0.2) is 30.6 Å². The number of aromatic nitrogens is 2. The standard InChI is InChI=1S/C20H23N5/c1-4-25(18-8-6-5-7-9-18)19-14-15-21-20(23-19)22-16-10-12-17(13-11-16)24(2)3/h5-15H,4H2,1-3H3,(H,21,22,23). The van der Waals surface area contributed by atoms with Crippen molar-refractivity contribution in [2.75, 3.05) is 35.8 Å². The highest BCUT2D eigenvalue weighted by Crippen LogP contribution is 2.24. The van der Waals surface area contributed by atoms with Crippen molar-refractivity contribution in [1.82, 2.24) is 9.97 Å². The molecule has 5 nitrogen and oxygen atoms in total. The van der Waals surface area contributed by atoms with Crippen LogP contribution in [0.4, 0.5) is 28.8 Å². The maximum Gasteiger partial charge on any atom is 0.229 e. The molecule has 0 fully saturated rings. The second-order valence-electron chi connectivity index (χ2n) is 5.88. The van der Waals surface area contributed by atoms with Gasteiger partial charge in [0.15, 0.2) is 0 Å². The number of hydrogen-bond donors (Lipinski definition) is 1. The van der Waals surface area contributed by atoms with Gasteiger partial charge < -0.3 is 15.1 Å². The number of rotatable bonds is 6. The average Bonchev–Trinajstić information content (AvgIpc) is 2.64. The molecule has 0 radical (unpaired) electrons. The van der Waals surface area contributed by atoms with Crippen LogP contribution >= 0.6 is 0 Å². The molecule has 0 bridgehead atoms. The normalized spacial score (nSPS) is 10.4. The lowest BCUT2D eigenvalue weighted by atomic mass is 10.2. The fourth-order valence-electron chi connectivity index (χ4n) is 2.62. The van der Waals surface area contributed by atoms with Gasteiger partial charge in [0.25, 0.3) is 0 Å². The average molecular weight is 333 g/mol. The van der Waals surface area contributed by atoms with E-state index in [0.717, 1.165) is 29.4 Å². The molecule has 3 rings (SSSR count). The highest BCUT2D eigenvalue weighted by atomic mass is 15.2. The third kappa shape index (κ3) is 4.07. The number of anilines is 5. The van der Waals surface area contributed by atoms with Gasteiger partial charge in [-0.15, -0.1) is 0 Å². The molecule has 0 amide bonds. The van der Waals surface area contributed by atoms with Gasteiger partial charge in [0, 0.05) is 43.9 Å². The lowest BCUT2D eigenvalue weighted by Gasteiger charge is -2.22. The molecule has 0 saturated heterocycles. The van der Waals surface area contributed by atoms with Gasteiger partial charge in [-0.25, -0.2) is 4.98 Å². The first kappa shape index (κ1) is 16.8. The second-order valence-corrected chi connectivity index (χ2v) is 5.88. The summed E-state index contributed by atoms with van der Waals surface area (Å²) in [5.74, 6) is 1.46. The van der Waals surface area contributed by atoms with E-state index in [1.165, 1.54) is 0 Å². The Kier molecular flexibility index (Phi) is 5.14. The summed E-state index contributed by atoms with van der Waals surface area (Å²) < 4.78 is 0. The van der Waals surface area contributed by atoms with E-state index in [-0.39, 0.29) is 0 Å². The van der Waals surface area contributed by atoms with Gasteiger partial charge in [-0.2, -0.15) is 4.98 Å². The van der Waals surface area contributed by atoms with E-state index in [9.17, 15) is 0 Å². The molecule has 1 heterocycles. The van der Waals surface area contributed by atoms with Gasteiger partial charge in [-0.3, -0.25) is 0 Å². The van der Waals surface area contributed by atoms with E-state index in [2.05, 4.69) is 56.3 Å². The smallest absolute Gasteiger partial charge is 0.229 e. The summed E-state index contributed by atoms with van der Waals surface area (Å²) in [7, 11) is 4.05. The van der Waals surface area contributed by atoms with Crippen molar-refractivity contribution >= 4 is 28.8 Å². The zero-order chi connectivity index (χ0) is 17.6. The zero-order valence-electron chi connectivity index (χ0n) is 14.8. The molecule has 0 unspecified atom stereocenters. The van der Waals surface area contributed by atoms with E-state index in [4.69, 9.17) is 0 Å². The second kappa shape index (κ2) is 7.66. The van der Waals surface area contributed by atoms with Crippen LogP contribution in [0.15, 0.2) is 66.9 Å². The van der Waals surface area contributed by atoms with Gasteiger partial charge in [-0.1, -0.05) is 18.2 Å². The van der Waals surface area contributed by atoms with E-state index >= 15 is 0 Å². The number of para-hydroxylation sites is 1. The molecule has 0 aliphatic heterocycles. The van der Waals surface area contributed by atoms with Crippen molar-refractivity contribution in [3.63, 3.8) is 0 Å². The third-order valence-electron chi connectivity index (χ3n) is 3.94. The largest absolute Gasteiger partial charge is 0.378 e. The topological polar surface area (TPSA) is 44.3 Å². The molecule has 3 aromatic rings. The van der Waals surface area contributed by atoms with Crippen molar-refractivity contribution in [1.29, 1.82) is 0 Å². The Balaban J connectivity index is 1.81. The highest BCUT2D eigenvalue weighted by Gasteiger charge is 2.09. The molecule has 0 spiro atoms. The molecule has 128 valence electrons. The Morgan fingerprint density at radius 2 is 1.60 bits per heavy atom. The van der Waals surface area contributed by atoms with Gasteiger partial charge in [0.2, 0.25) is 5.95 Å². The molecule has 1 aromatic heterocycles. The molecular formula is C20H23N5. The van der Waals surface area contributed by atoms with E-state index in [0.29, 0.717) is 5.95 Å². The van der Waals surface area contributed by atoms with Crippen LogP contribution in [0.2, 0.25) is 0 Å². The maximum absolute atomic E-state index is 4.67. The minimum Gasteiger partial charge on any atom is -0.378 e.